The Hall–Kier alpha value is 0.394. The molecule has 0 aliphatic rings. The molecule has 3 heteroatoms. The summed E-state index contributed by atoms with van der Waals surface area (Å²) in [5.74, 6) is 0. The molecular formula is C3H13NSi2. The quantitative estimate of drug-likeness (QED) is 0.471. The van der Waals surface area contributed by atoms with E-state index in [2.05, 4.69) is 18.1 Å². The molecule has 0 radical (unpaired) electrons. The molecule has 1 unspecified atom stereocenters. The summed E-state index contributed by atoms with van der Waals surface area (Å²) in [5.41, 5.74) is 0. The second kappa shape index (κ2) is 3.58. The summed E-state index contributed by atoms with van der Waals surface area (Å²) in [6.45, 7) is 4.59. The lowest BCUT2D eigenvalue weighted by Gasteiger charge is -1.99. The standard InChI is InChI=1S/C3H13NSi2/c1-3-6(2)4-5/h4,6H,3H2,1-2,5H3. The molecule has 6 heavy (non-hydrogen) atoms. The fourth-order valence-corrected chi connectivity index (χ4v) is 1.84. The molecule has 0 amide bonds. The van der Waals surface area contributed by atoms with E-state index in [1.807, 2.05) is 0 Å². The Morgan fingerprint density at radius 3 is 2.33 bits per heavy atom. The summed E-state index contributed by atoms with van der Waals surface area (Å²) in [4.78, 5) is 0. The molecule has 0 rings (SSSR count). The van der Waals surface area contributed by atoms with Gasteiger partial charge < -0.3 is 4.65 Å². The SMILES string of the molecule is CC[SiH](C)N[SiH3]. The van der Waals surface area contributed by atoms with Crippen LogP contribution >= 0.6 is 0 Å². The van der Waals surface area contributed by atoms with Crippen molar-refractivity contribution >= 4 is 19.4 Å². The average molecular weight is 119 g/mol. The van der Waals surface area contributed by atoms with Crippen LogP contribution in [0.2, 0.25) is 12.6 Å². The molecule has 0 aromatic rings. The van der Waals surface area contributed by atoms with E-state index in [0.29, 0.717) is 0 Å². The van der Waals surface area contributed by atoms with Crippen molar-refractivity contribution in [3.63, 3.8) is 0 Å². The predicted molar refractivity (Wildman–Crippen MR) is 36.6 cm³/mol. The van der Waals surface area contributed by atoms with Crippen LogP contribution in [0.25, 0.3) is 0 Å². The van der Waals surface area contributed by atoms with E-state index in [1.165, 1.54) is 16.4 Å². The molecule has 0 saturated carbocycles. The maximum Gasteiger partial charge on any atom is 0.0978 e. The van der Waals surface area contributed by atoms with Gasteiger partial charge in [0.15, 0.2) is 0 Å². The van der Waals surface area contributed by atoms with Crippen molar-refractivity contribution in [1.29, 1.82) is 0 Å². The lowest BCUT2D eigenvalue weighted by atomic mass is 11.0. The van der Waals surface area contributed by atoms with Crippen LogP contribution in [-0.2, 0) is 0 Å². The molecule has 0 fully saturated rings. The molecule has 1 atom stereocenters. The molecule has 0 spiro atoms. The third-order valence-electron chi connectivity index (χ3n) is 1.11. The van der Waals surface area contributed by atoms with Gasteiger partial charge in [0.25, 0.3) is 0 Å². The number of rotatable bonds is 2. The van der Waals surface area contributed by atoms with Gasteiger partial charge in [-0.3, -0.25) is 0 Å². The van der Waals surface area contributed by atoms with Gasteiger partial charge in [-0.25, -0.2) is 0 Å². The predicted octanol–water partition coefficient (Wildman–Crippen LogP) is -0.770. The van der Waals surface area contributed by atoms with Gasteiger partial charge in [0, 0.05) is 0 Å². The summed E-state index contributed by atoms with van der Waals surface area (Å²) in [7, 11) is 0.845. The first-order chi connectivity index (χ1) is 2.81. The van der Waals surface area contributed by atoms with E-state index < -0.39 is 0 Å². The first-order valence-electron chi connectivity index (χ1n) is 2.48. The molecule has 38 valence electrons. The number of hydrogen-bond donors (Lipinski definition) is 1. The first kappa shape index (κ1) is 6.39. The normalized spacial score (nSPS) is 15.0. The van der Waals surface area contributed by atoms with Gasteiger partial charge in [-0.2, -0.15) is 0 Å². The Morgan fingerprint density at radius 1 is 1.83 bits per heavy atom. The van der Waals surface area contributed by atoms with E-state index in [-0.39, 0.29) is 8.96 Å². The van der Waals surface area contributed by atoms with E-state index in [4.69, 9.17) is 0 Å². The summed E-state index contributed by atoms with van der Waals surface area (Å²) in [5, 5.41) is 0. The van der Waals surface area contributed by atoms with Gasteiger partial charge in [-0.1, -0.05) is 19.5 Å². The second-order valence-corrected chi connectivity index (χ2v) is 6.53. The molecule has 0 aromatic heterocycles. The van der Waals surface area contributed by atoms with Gasteiger partial charge in [-0.15, -0.1) is 0 Å². The van der Waals surface area contributed by atoms with Crippen LogP contribution in [0.5, 0.6) is 0 Å². The largest absolute Gasteiger partial charge is 0.369 e. The molecule has 1 N–H and O–H groups in total. The third-order valence-corrected chi connectivity index (χ3v) is 6.27. The van der Waals surface area contributed by atoms with Gasteiger partial charge >= 0.3 is 0 Å². The molecule has 1 nitrogen and oxygen atoms in total. The minimum Gasteiger partial charge on any atom is -0.369 e. The van der Waals surface area contributed by atoms with Gasteiger partial charge in [-0.05, 0) is 0 Å². The van der Waals surface area contributed by atoms with Gasteiger partial charge in [0.1, 0.15) is 0 Å². The summed E-state index contributed by atoms with van der Waals surface area (Å²) in [6.07, 6.45) is 0. The monoisotopic (exact) mass is 119 g/mol. The topological polar surface area (TPSA) is 12.0 Å². The highest BCUT2D eigenvalue weighted by Crippen LogP contribution is 1.79. The smallest absolute Gasteiger partial charge is 0.0978 e. The van der Waals surface area contributed by atoms with Crippen molar-refractivity contribution in [3.05, 3.63) is 0 Å². The summed E-state index contributed by atoms with van der Waals surface area (Å²) >= 11 is 0. The third kappa shape index (κ3) is 2.62. The van der Waals surface area contributed by atoms with Crippen LogP contribution in [0.1, 0.15) is 6.92 Å². The Labute approximate surface area is 44.3 Å². The number of nitrogens with one attached hydrogen (secondary N) is 1. The van der Waals surface area contributed by atoms with Crippen LogP contribution in [0, 0.1) is 0 Å². The Bertz CT molecular complexity index is 28.0. The fraction of sp³-hybridized carbons (Fsp3) is 1.00. The van der Waals surface area contributed by atoms with Crippen LogP contribution in [0.15, 0.2) is 0 Å². The lowest BCUT2D eigenvalue weighted by Crippen LogP contribution is -2.26. The highest BCUT2D eigenvalue weighted by molar-refractivity contribution is 6.59. The molecule has 0 aromatic carbocycles. The van der Waals surface area contributed by atoms with Crippen molar-refractivity contribution < 1.29 is 0 Å². The molecule has 0 bridgehead atoms. The lowest BCUT2D eigenvalue weighted by molar-refractivity contribution is 1.34. The van der Waals surface area contributed by atoms with Crippen LogP contribution in [0.4, 0.5) is 0 Å². The Balaban J connectivity index is 2.75. The van der Waals surface area contributed by atoms with E-state index >= 15 is 0 Å². The minimum atomic E-state index is -0.349. The zero-order chi connectivity index (χ0) is 4.99. The second-order valence-electron chi connectivity index (χ2n) is 1.60. The van der Waals surface area contributed by atoms with Gasteiger partial charge in [0.05, 0.1) is 19.4 Å². The minimum absolute atomic E-state index is 0.349. The number of hydrogen-bond acceptors (Lipinski definition) is 1. The van der Waals surface area contributed by atoms with Crippen LogP contribution in [-0.4, -0.2) is 19.4 Å². The Morgan fingerprint density at radius 2 is 2.33 bits per heavy atom. The fourth-order valence-electron chi connectivity index (χ4n) is 0.204. The van der Waals surface area contributed by atoms with Crippen molar-refractivity contribution in [2.45, 2.75) is 19.5 Å². The van der Waals surface area contributed by atoms with Gasteiger partial charge in [0.2, 0.25) is 0 Å². The molecule has 0 aliphatic carbocycles. The first-order valence-corrected chi connectivity index (χ1v) is 6.03. The molecular weight excluding hydrogens is 106 g/mol. The van der Waals surface area contributed by atoms with E-state index in [0.717, 1.165) is 0 Å². The Kier molecular flexibility index (Phi) is 3.81. The molecule has 0 aliphatic heterocycles. The highest BCUT2D eigenvalue weighted by Gasteiger charge is 1.89. The van der Waals surface area contributed by atoms with Crippen LogP contribution < -0.4 is 4.65 Å². The van der Waals surface area contributed by atoms with Crippen molar-refractivity contribution in [2.24, 2.45) is 0 Å². The maximum absolute atomic E-state index is 3.39. The highest BCUT2D eigenvalue weighted by atomic mass is 28.3. The van der Waals surface area contributed by atoms with E-state index in [1.54, 1.807) is 0 Å². The van der Waals surface area contributed by atoms with Crippen molar-refractivity contribution in [1.82, 2.24) is 4.65 Å². The zero-order valence-corrected chi connectivity index (χ0v) is 7.94. The van der Waals surface area contributed by atoms with E-state index in [9.17, 15) is 0 Å². The average Bonchev–Trinajstić information content (AvgIpc) is 1.65. The van der Waals surface area contributed by atoms with Crippen LogP contribution in [0.3, 0.4) is 0 Å². The van der Waals surface area contributed by atoms with Crippen molar-refractivity contribution in [3.8, 4) is 0 Å². The van der Waals surface area contributed by atoms with Crippen molar-refractivity contribution in [2.75, 3.05) is 0 Å². The summed E-state index contributed by atoms with van der Waals surface area (Å²) < 4.78 is 3.39. The summed E-state index contributed by atoms with van der Waals surface area (Å²) in [6, 6.07) is 1.39. The zero-order valence-electron chi connectivity index (χ0n) is 4.78. The molecule has 0 saturated heterocycles. The molecule has 0 heterocycles. The maximum atomic E-state index is 3.39.